The summed E-state index contributed by atoms with van der Waals surface area (Å²) in [5.74, 6) is -0.501. The molecule has 0 aliphatic heterocycles. The van der Waals surface area contributed by atoms with E-state index in [-0.39, 0.29) is 0 Å². The minimum absolute atomic E-state index is 0.611. The Morgan fingerprint density at radius 3 is 2.29 bits per heavy atom. The van der Waals surface area contributed by atoms with E-state index in [1.807, 2.05) is 30.3 Å². The fourth-order valence-electron chi connectivity index (χ4n) is 1.61. The molecule has 3 nitrogen and oxygen atoms in total. The molecule has 1 aliphatic carbocycles. The maximum atomic E-state index is 9.75. The number of allylic oxidation sites excluding steroid dienone is 1. The van der Waals surface area contributed by atoms with E-state index >= 15 is 0 Å². The second-order valence-electron chi connectivity index (χ2n) is 4.74. The number of ether oxygens (including phenoxy) is 1. The molecule has 0 unspecified atom stereocenters. The molecule has 0 fully saturated rings. The average molecular weight is 232 g/mol. The summed E-state index contributed by atoms with van der Waals surface area (Å²) in [7, 11) is 0. The van der Waals surface area contributed by atoms with E-state index in [0.29, 0.717) is 5.76 Å². The van der Waals surface area contributed by atoms with Gasteiger partial charge < -0.3 is 14.9 Å². The SMILES string of the molecule is CC1(C)C=C(Oc2ccccc2)C=CC1(O)O. The lowest BCUT2D eigenvalue weighted by molar-refractivity contribution is -0.179. The maximum absolute atomic E-state index is 9.75. The highest BCUT2D eigenvalue weighted by Crippen LogP contribution is 2.36. The lowest BCUT2D eigenvalue weighted by Crippen LogP contribution is -2.43. The number of hydrogen-bond acceptors (Lipinski definition) is 3. The third-order valence-corrected chi connectivity index (χ3v) is 2.91. The Morgan fingerprint density at radius 2 is 1.71 bits per heavy atom. The van der Waals surface area contributed by atoms with Gasteiger partial charge in [0.05, 0.1) is 0 Å². The van der Waals surface area contributed by atoms with E-state index in [1.165, 1.54) is 6.08 Å². The zero-order chi connectivity index (χ0) is 12.5. The highest BCUT2D eigenvalue weighted by molar-refractivity contribution is 5.32. The summed E-state index contributed by atoms with van der Waals surface area (Å²) in [5, 5.41) is 19.5. The van der Waals surface area contributed by atoms with Crippen LogP contribution in [0.1, 0.15) is 13.8 Å². The van der Waals surface area contributed by atoms with Gasteiger partial charge in [0.25, 0.3) is 0 Å². The molecule has 0 radical (unpaired) electrons. The first kappa shape index (κ1) is 11.9. The molecule has 0 saturated carbocycles. The third kappa shape index (κ3) is 2.40. The van der Waals surface area contributed by atoms with Crippen LogP contribution in [0.5, 0.6) is 5.75 Å². The molecule has 1 aromatic carbocycles. The van der Waals surface area contributed by atoms with Gasteiger partial charge in [-0.2, -0.15) is 0 Å². The zero-order valence-electron chi connectivity index (χ0n) is 9.92. The van der Waals surface area contributed by atoms with Gasteiger partial charge in [-0.15, -0.1) is 0 Å². The van der Waals surface area contributed by atoms with Crippen molar-refractivity contribution in [3.63, 3.8) is 0 Å². The first-order chi connectivity index (χ1) is 7.91. The Morgan fingerprint density at radius 1 is 1.06 bits per heavy atom. The Hall–Kier alpha value is -1.58. The highest BCUT2D eigenvalue weighted by Gasteiger charge is 2.40. The fourth-order valence-corrected chi connectivity index (χ4v) is 1.61. The minimum atomic E-state index is -1.84. The summed E-state index contributed by atoms with van der Waals surface area (Å²) in [4.78, 5) is 0. The largest absolute Gasteiger partial charge is 0.458 e. The molecule has 3 heteroatoms. The summed E-state index contributed by atoms with van der Waals surface area (Å²) in [6.45, 7) is 3.48. The van der Waals surface area contributed by atoms with Gasteiger partial charge in [0.2, 0.25) is 0 Å². The highest BCUT2D eigenvalue weighted by atomic mass is 16.5. The monoisotopic (exact) mass is 232 g/mol. The summed E-state index contributed by atoms with van der Waals surface area (Å²) < 4.78 is 5.64. The van der Waals surface area contributed by atoms with Crippen LogP contribution in [0.4, 0.5) is 0 Å². The summed E-state index contributed by atoms with van der Waals surface area (Å²) in [6, 6.07) is 9.38. The molecule has 2 rings (SSSR count). The minimum Gasteiger partial charge on any atom is -0.458 e. The molecule has 0 aromatic heterocycles. The first-order valence-corrected chi connectivity index (χ1v) is 5.50. The van der Waals surface area contributed by atoms with Crippen LogP contribution in [-0.4, -0.2) is 16.0 Å². The van der Waals surface area contributed by atoms with Gasteiger partial charge in [-0.1, -0.05) is 32.0 Å². The zero-order valence-corrected chi connectivity index (χ0v) is 9.92. The van der Waals surface area contributed by atoms with Crippen LogP contribution in [0.2, 0.25) is 0 Å². The average Bonchev–Trinajstić information content (AvgIpc) is 2.25. The second-order valence-corrected chi connectivity index (χ2v) is 4.74. The van der Waals surface area contributed by atoms with Crippen molar-refractivity contribution in [2.45, 2.75) is 19.6 Å². The van der Waals surface area contributed by atoms with Gasteiger partial charge in [0.1, 0.15) is 11.5 Å². The Bertz CT molecular complexity index is 456. The van der Waals surface area contributed by atoms with Gasteiger partial charge in [-0.05, 0) is 30.4 Å². The molecule has 1 aromatic rings. The van der Waals surface area contributed by atoms with E-state index < -0.39 is 11.2 Å². The van der Waals surface area contributed by atoms with Gasteiger partial charge in [0, 0.05) is 5.41 Å². The molecule has 1 aliphatic rings. The van der Waals surface area contributed by atoms with Crippen LogP contribution in [0, 0.1) is 5.41 Å². The smallest absolute Gasteiger partial charge is 0.192 e. The molecule has 0 heterocycles. The van der Waals surface area contributed by atoms with Crippen LogP contribution in [-0.2, 0) is 0 Å². The van der Waals surface area contributed by atoms with Crippen molar-refractivity contribution in [2.24, 2.45) is 5.41 Å². The third-order valence-electron chi connectivity index (χ3n) is 2.91. The Balaban J connectivity index is 2.20. The number of rotatable bonds is 2. The van der Waals surface area contributed by atoms with E-state index in [0.717, 1.165) is 5.75 Å². The predicted molar refractivity (Wildman–Crippen MR) is 65.2 cm³/mol. The van der Waals surface area contributed by atoms with Crippen LogP contribution < -0.4 is 4.74 Å². The lowest BCUT2D eigenvalue weighted by atomic mass is 9.80. The molecular weight excluding hydrogens is 216 g/mol. The molecule has 0 spiro atoms. The summed E-state index contributed by atoms with van der Waals surface area (Å²) in [5.41, 5.74) is -0.786. The Kier molecular flexibility index (Phi) is 2.81. The molecule has 0 bridgehead atoms. The molecule has 0 amide bonds. The van der Waals surface area contributed by atoms with Gasteiger partial charge in [0.15, 0.2) is 5.79 Å². The summed E-state index contributed by atoms with van der Waals surface area (Å²) >= 11 is 0. The second kappa shape index (κ2) is 4.02. The predicted octanol–water partition coefficient (Wildman–Crippen LogP) is 2.23. The van der Waals surface area contributed by atoms with Crippen molar-refractivity contribution in [3.8, 4) is 5.75 Å². The van der Waals surface area contributed by atoms with Crippen molar-refractivity contribution in [1.29, 1.82) is 0 Å². The quantitative estimate of drug-likeness (QED) is 0.769. The molecule has 90 valence electrons. The number of benzene rings is 1. The molecule has 0 saturated heterocycles. The van der Waals surface area contributed by atoms with E-state index in [1.54, 1.807) is 26.0 Å². The fraction of sp³-hybridized carbons (Fsp3) is 0.286. The van der Waals surface area contributed by atoms with Crippen LogP contribution in [0.3, 0.4) is 0 Å². The van der Waals surface area contributed by atoms with Gasteiger partial charge in [-0.3, -0.25) is 0 Å². The molecule has 17 heavy (non-hydrogen) atoms. The van der Waals surface area contributed by atoms with Crippen molar-refractivity contribution in [1.82, 2.24) is 0 Å². The summed E-state index contributed by atoms with van der Waals surface area (Å²) in [6.07, 6.45) is 4.61. The maximum Gasteiger partial charge on any atom is 0.192 e. The molecular formula is C14H16O3. The lowest BCUT2D eigenvalue weighted by Gasteiger charge is -2.36. The van der Waals surface area contributed by atoms with Gasteiger partial charge >= 0.3 is 0 Å². The standard InChI is InChI=1S/C14H16O3/c1-13(2)10-12(8-9-14(13,15)16)17-11-6-4-3-5-7-11/h3-10,15-16H,1-2H3. The van der Waals surface area contributed by atoms with Crippen molar-refractivity contribution in [3.05, 3.63) is 54.3 Å². The first-order valence-electron chi connectivity index (χ1n) is 5.50. The number of hydrogen-bond donors (Lipinski definition) is 2. The topological polar surface area (TPSA) is 49.7 Å². The molecule has 0 atom stereocenters. The van der Waals surface area contributed by atoms with E-state index in [9.17, 15) is 10.2 Å². The normalized spacial score (nSPS) is 20.8. The molecule has 2 N–H and O–H groups in total. The Labute approximate surface area is 101 Å². The number of aliphatic hydroxyl groups is 2. The van der Waals surface area contributed by atoms with Crippen LogP contribution in [0.25, 0.3) is 0 Å². The van der Waals surface area contributed by atoms with Crippen molar-refractivity contribution >= 4 is 0 Å². The van der Waals surface area contributed by atoms with Crippen molar-refractivity contribution in [2.75, 3.05) is 0 Å². The number of para-hydroxylation sites is 1. The van der Waals surface area contributed by atoms with Crippen LogP contribution in [0.15, 0.2) is 54.3 Å². The van der Waals surface area contributed by atoms with Crippen molar-refractivity contribution < 1.29 is 14.9 Å². The van der Waals surface area contributed by atoms with Gasteiger partial charge in [-0.25, -0.2) is 0 Å². The van der Waals surface area contributed by atoms with E-state index in [4.69, 9.17) is 4.74 Å². The van der Waals surface area contributed by atoms with Crippen LogP contribution >= 0.6 is 0 Å². The van der Waals surface area contributed by atoms with E-state index in [2.05, 4.69) is 0 Å².